The fourth-order valence-corrected chi connectivity index (χ4v) is 12.6. The molecular formula is C76H86N4O8S4. The lowest BCUT2D eigenvalue weighted by atomic mass is 10.0. The molecule has 16 heteroatoms. The third-order valence-electron chi connectivity index (χ3n) is 16.5. The summed E-state index contributed by atoms with van der Waals surface area (Å²) >= 11 is 18.8. The Labute approximate surface area is 563 Å². The molecule has 12 nitrogen and oxygen atoms in total. The molecule has 2 N–H and O–H groups in total. The lowest BCUT2D eigenvalue weighted by Gasteiger charge is -2.11. The molecule has 4 aromatic carbocycles. The van der Waals surface area contributed by atoms with Gasteiger partial charge in [0.25, 0.3) is 0 Å². The summed E-state index contributed by atoms with van der Waals surface area (Å²) in [7, 11) is 0. The Morgan fingerprint density at radius 2 is 0.533 bits per heavy atom. The second kappa shape index (κ2) is 34.6. The second-order valence-corrected chi connectivity index (χ2v) is 26.8. The average molecular weight is 1310 g/mol. The van der Waals surface area contributed by atoms with Crippen molar-refractivity contribution in [3.05, 3.63) is 144 Å². The molecule has 5 heterocycles. The number of carbonyl (C=O) groups is 4. The zero-order chi connectivity index (χ0) is 64.9. The minimum absolute atomic E-state index is 0.126. The van der Waals surface area contributed by atoms with Crippen LogP contribution in [0.2, 0.25) is 0 Å². The van der Waals surface area contributed by atoms with Crippen LogP contribution in [0.4, 0.5) is 0 Å². The van der Waals surface area contributed by atoms with Crippen molar-refractivity contribution in [2.24, 2.45) is 0 Å². The number of hydrogen-bond acceptors (Lipinski definition) is 14. The first-order valence-electron chi connectivity index (χ1n) is 32.8. The van der Waals surface area contributed by atoms with E-state index in [0.29, 0.717) is 71.5 Å². The number of hydrogen-bond donors (Lipinski definition) is 6. The van der Waals surface area contributed by atoms with Gasteiger partial charge in [0.15, 0.2) is 0 Å². The number of rotatable bonds is 32. The number of fused-ring (bicyclic) bond motifs is 8. The number of carbonyl (C=O) groups excluding carboxylic acids is 4. The van der Waals surface area contributed by atoms with E-state index in [9.17, 15) is 19.2 Å². The van der Waals surface area contributed by atoms with Gasteiger partial charge in [-0.1, -0.05) is 128 Å². The number of thiol groups is 4. The van der Waals surface area contributed by atoms with E-state index in [2.05, 4.69) is 37.7 Å². The number of esters is 4. The Hall–Kier alpha value is -7.24. The first-order chi connectivity index (χ1) is 44.7. The number of nitrogens with one attached hydrogen (secondary N) is 2. The maximum Gasteiger partial charge on any atom is 0.311 e. The standard InChI is InChI=1S/C76H86N4O8S4/c1-5-9-13-57(89)33-45-69(81)85-53-25-17-49(18-26-53)73-61-37-39-63(77-61)74(50-19-27-54(28-20-50)86-70(82)46-34-58(90)14-10-6-2)65-41-43-67(79-65)76(52-23-31-56(32-24-52)88-72(84)48-36-60(92)16-12-8-4)68-44-42-66(80-68)75(64-40-38-62(73)78-64)51-21-29-55(30-22-51)87-71(83)47-35-59(91)15-11-7-3/h17-32,37-44,57-60,77,80,89-92H,5-16,33-36,45-48H2,1-4H3. The Morgan fingerprint density at radius 1 is 0.326 bits per heavy atom. The smallest absolute Gasteiger partial charge is 0.311 e. The summed E-state index contributed by atoms with van der Waals surface area (Å²) in [6, 6.07) is 38.1. The number of aromatic nitrogens is 4. The molecule has 2 aliphatic heterocycles. The topological polar surface area (TPSA) is 163 Å². The number of aromatic amines is 2. The zero-order valence-electron chi connectivity index (χ0n) is 53.3. The van der Waals surface area contributed by atoms with Crippen molar-refractivity contribution in [2.45, 2.75) is 177 Å². The summed E-state index contributed by atoms with van der Waals surface area (Å²) in [5.41, 5.74) is 12.1. The summed E-state index contributed by atoms with van der Waals surface area (Å²) in [5.74, 6) is 0.463. The molecule has 0 saturated heterocycles. The Balaban J connectivity index is 1.19. The monoisotopic (exact) mass is 1310 g/mol. The molecule has 8 bridgehead atoms. The van der Waals surface area contributed by atoms with Crippen molar-refractivity contribution in [2.75, 3.05) is 0 Å². The SMILES string of the molecule is CCCCC(S)CCC(=O)Oc1ccc(-c2c3nc(c(-c4ccc(OC(=O)CCC(S)CCCC)cc4)c4ccc([nH]4)c(-c4ccc(OC(=O)CCC(S)CCCC)cc4)c4nc(c(-c5ccc(OC(=O)CCC(S)CCCC)cc5)c5ccc2[nH]5)C=C4)C=C3)cc1. The van der Waals surface area contributed by atoms with Crippen LogP contribution in [0.1, 0.15) is 179 Å². The Bertz CT molecular complexity index is 3380. The van der Waals surface area contributed by atoms with Gasteiger partial charge >= 0.3 is 23.9 Å². The minimum Gasteiger partial charge on any atom is -0.427 e. The highest BCUT2D eigenvalue weighted by Crippen LogP contribution is 2.40. The molecule has 0 saturated carbocycles. The molecule has 3 aromatic heterocycles. The second-order valence-electron chi connectivity index (χ2n) is 23.8. The normalized spacial score (nSPS) is 13.1. The quantitative estimate of drug-likeness (QED) is 0.0136. The van der Waals surface area contributed by atoms with E-state index in [4.69, 9.17) is 79.4 Å². The van der Waals surface area contributed by atoms with Crippen LogP contribution in [-0.2, 0) is 19.2 Å². The third kappa shape index (κ3) is 19.4. The van der Waals surface area contributed by atoms with Crippen molar-refractivity contribution < 1.29 is 38.1 Å². The number of benzene rings is 4. The van der Waals surface area contributed by atoms with Gasteiger partial charge in [-0.15, -0.1) is 0 Å². The molecule has 0 amide bonds. The molecule has 0 spiro atoms. The van der Waals surface area contributed by atoms with Crippen LogP contribution in [-0.4, -0.2) is 64.8 Å². The summed E-state index contributed by atoms with van der Waals surface area (Å²) < 4.78 is 23.5. The average Bonchev–Trinajstić information content (AvgIpc) is 1.65. The molecule has 0 fully saturated rings. The van der Waals surface area contributed by atoms with E-state index >= 15 is 0 Å². The van der Waals surface area contributed by atoms with Crippen LogP contribution in [0.5, 0.6) is 23.0 Å². The number of nitrogens with zero attached hydrogens (tertiary/aromatic N) is 2. The van der Waals surface area contributed by atoms with Crippen molar-refractivity contribution in [1.29, 1.82) is 0 Å². The van der Waals surface area contributed by atoms with Gasteiger partial charge in [0.05, 0.1) is 22.8 Å². The van der Waals surface area contributed by atoms with E-state index in [-0.39, 0.29) is 70.6 Å². The lowest BCUT2D eigenvalue weighted by Crippen LogP contribution is -2.10. The lowest BCUT2D eigenvalue weighted by molar-refractivity contribution is -0.135. The Morgan fingerprint density at radius 3 is 0.728 bits per heavy atom. The van der Waals surface area contributed by atoms with Crippen molar-refractivity contribution in [3.8, 4) is 67.5 Å². The van der Waals surface area contributed by atoms with Crippen LogP contribution in [0.15, 0.2) is 121 Å². The molecule has 0 aliphatic carbocycles. The van der Waals surface area contributed by atoms with Crippen molar-refractivity contribution >= 4 is 121 Å². The zero-order valence-corrected chi connectivity index (χ0v) is 56.8. The van der Waals surface area contributed by atoms with Gasteiger partial charge in [-0.2, -0.15) is 50.5 Å². The van der Waals surface area contributed by atoms with E-state index in [1.54, 1.807) is 0 Å². The van der Waals surface area contributed by atoms with Crippen molar-refractivity contribution in [1.82, 2.24) is 19.9 Å². The maximum absolute atomic E-state index is 13.2. The summed E-state index contributed by atoms with van der Waals surface area (Å²) in [5, 5.41) is 0.506. The van der Waals surface area contributed by atoms with Gasteiger partial charge in [0, 0.05) is 91.0 Å². The van der Waals surface area contributed by atoms with Gasteiger partial charge in [0.2, 0.25) is 0 Å². The van der Waals surface area contributed by atoms with Gasteiger partial charge in [-0.3, -0.25) is 19.2 Å². The van der Waals surface area contributed by atoms with E-state index in [0.717, 1.165) is 144 Å². The highest BCUT2D eigenvalue weighted by atomic mass is 32.1. The van der Waals surface area contributed by atoms with Gasteiger partial charge < -0.3 is 28.9 Å². The summed E-state index contributed by atoms with van der Waals surface area (Å²) in [6.07, 6.45) is 23.9. The first-order valence-corrected chi connectivity index (χ1v) is 34.9. The third-order valence-corrected chi connectivity index (χ3v) is 18.6. The molecule has 482 valence electrons. The van der Waals surface area contributed by atoms with Crippen LogP contribution in [0, 0.1) is 0 Å². The molecule has 2 aliphatic rings. The predicted octanol–water partition coefficient (Wildman–Crippen LogP) is 20.0. The summed E-state index contributed by atoms with van der Waals surface area (Å²) in [4.78, 5) is 71.2. The number of unbranched alkanes of at least 4 members (excludes halogenated alkanes) is 4. The summed E-state index contributed by atoms with van der Waals surface area (Å²) in [6.45, 7) is 8.58. The predicted molar refractivity (Wildman–Crippen MR) is 389 cm³/mol. The molecule has 9 rings (SSSR count). The fraction of sp³-hybridized carbons (Fsp3) is 0.368. The molecule has 4 atom stereocenters. The minimum atomic E-state index is -0.312. The van der Waals surface area contributed by atoms with E-state index in [1.807, 2.05) is 146 Å². The van der Waals surface area contributed by atoms with Crippen LogP contribution < -0.4 is 18.9 Å². The van der Waals surface area contributed by atoms with Crippen LogP contribution in [0.3, 0.4) is 0 Å². The van der Waals surface area contributed by atoms with E-state index < -0.39 is 0 Å². The van der Waals surface area contributed by atoms with Gasteiger partial charge in [-0.05, 0) is 171 Å². The molecule has 0 radical (unpaired) electrons. The number of H-pyrrole nitrogens is 2. The highest BCUT2D eigenvalue weighted by Gasteiger charge is 2.22. The van der Waals surface area contributed by atoms with Crippen LogP contribution >= 0.6 is 50.5 Å². The number of ether oxygens (including phenoxy) is 4. The van der Waals surface area contributed by atoms with Gasteiger partial charge in [-0.25, -0.2) is 9.97 Å². The maximum atomic E-state index is 13.2. The van der Waals surface area contributed by atoms with Crippen molar-refractivity contribution in [3.63, 3.8) is 0 Å². The molecule has 92 heavy (non-hydrogen) atoms. The highest BCUT2D eigenvalue weighted by molar-refractivity contribution is 7.81. The molecule has 4 unspecified atom stereocenters. The van der Waals surface area contributed by atoms with Gasteiger partial charge in [0.1, 0.15) is 23.0 Å². The molecule has 7 aromatic rings. The van der Waals surface area contributed by atoms with Crippen LogP contribution in [0.25, 0.3) is 90.9 Å². The largest absolute Gasteiger partial charge is 0.427 e. The first kappa shape index (κ1) is 69.1. The molecular weight excluding hydrogens is 1230 g/mol. The van der Waals surface area contributed by atoms with E-state index in [1.165, 1.54) is 0 Å². The fourth-order valence-electron chi connectivity index (χ4n) is 11.4. The Kier molecular flexibility index (Phi) is 26.0.